The van der Waals surface area contributed by atoms with Gasteiger partial charge in [0.05, 0.1) is 30.0 Å². The lowest BCUT2D eigenvalue weighted by Gasteiger charge is -2.34. The van der Waals surface area contributed by atoms with Gasteiger partial charge < -0.3 is 14.7 Å². The number of hydrogen-bond acceptors (Lipinski definition) is 7. The fourth-order valence-electron chi connectivity index (χ4n) is 4.62. The van der Waals surface area contributed by atoms with Gasteiger partial charge in [0.15, 0.2) is 0 Å². The molecule has 0 radical (unpaired) electrons. The lowest BCUT2D eigenvalue weighted by atomic mass is 9.79. The number of fused-ring (bicyclic) bond motifs is 1. The second-order valence-corrected chi connectivity index (χ2v) is 8.18. The molecule has 2 aliphatic heterocycles. The largest absolute Gasteiger partial charge is 0.393 e. The Bertz CT molecular complexity index is 605. The summed E-state index contributed by atoms with van der Waals surface area (Å²) in [5.74, 6) is 1.45. The Labute approximate surface area is 155 Å². The number of anilines is 1. The van der Waals surface area contributed by atoms with Crippen LogP contribution in [-0.4, -0.2) is 52.5 Å². The van der Waals surface area contributed by atoms with Crippen LogP contribution in [0.5, 0.6) is 0 Å². The lowest BCUT2D eigenvalue weighted by molar-refractivity contribution is -0.0276. The minimum absolute atomic E-state index is 0.172. The van der Waals surface area contributed by atoms with Crippen LogP contribution in [0, 0.1) is 5.92 Å². The van der Waals surface area contributed by atoms with Crippen LogP contribution in [0.15, 0.2) is 12.4 Å². The zero-order chi connectivity index (χ0) is 18.1. The quantitative estimate of drug-likeness (QED) is 0.750. The molecular formula is C19H31N5O2. The molecule has 4 rings (SSSR count). The molecular weight excluding hydrogens is 330 g/mol. The Kier molecular flexibility index (Phi) is 5.40. The zero-order valence-corrected chi connectivity index (χ0v) is 15.8. The molecule has 7 nitrogen and oxygen atoms in total. The van der Waals surface area contributed by atoms with E-state index >= 15 is 0 Å². The Morgan fingerprint density at radius 1 is 1.15 bits per heavy atom. The van der Waals surface area contributed by atoms with Crippen LogP contribution in [0.25, 0.3) is 0 Å². The summed E-state index contributed by atoms with van der Waals surface area (Å²) < 4.78 is 6.09. The Hall–Kier alpha value is -1.28. The smallest absolute Gasteiger partial charge is 0.132 e. The standard InChI is InChI=1S/C19H31N5O2/c1-12(2)26-14-3-4-16-15(9-14)19(23-22-16)17-10-18(21-11-20-17)24-7-5-13(25)6-8-24/h10-16,19,22-23,25H,3-9H2,1-2H3. The van der Waals surface area contributed by atoms with E-state index in [1.807, 2.05) is 0 Å². The Morgan fingerprint density at radius 3 is 2.73 bits per heavy atom. The molecule has 1 aromatic rings. The SMILES string of the molecule is CC(C)OC1CCC2NNC(c3cc(N4CCC(O)CC4)ncn3)C2C1. The van der Waals surface area contributed by atoms with Crippen molar-refractivity contribution in [3.8, 4) is 0 Å². The fraction of sp³-hybridized carbons (Fsp3) is 0.789. The van der Waals surface area contributed by atoms with Crippen molar-refractivity contribution in [1.29, 1.82) is 0 Å². The van der Waals surface area contributed by atoms with Crippen LogP contribution in [0.3, 0.4) is 0 Å². The van der Waals surface area contributed by atoms with Gasteiger partial charge in [-0.05, 0) is 46.0 Å². The van der Waals surface area contributed by atoms with E-state index in [1.54, 1.807) is 6.33 Å². The van der Waals surface area contributed by atoms with Crippen molar-refractivity contribution < 1.29 is 9.84 Å². The number of aromatic nitrogens is 2. The second-order valence-electron chi connectivity index (χ2n) is 8.18. The molecule has 3 N–H and O–H groups in total. The van der Waals surface area contributed by atoms with E-state index in [-0.39, 0.29) is 18.2 Å². The van der Waals surface area contributed by atoms with E-state index in [9.17, 15) is 5.11 Å². The number of nitrogens with one attached hydrogen (secondary N) is 2. The van der Waals surface area contributed by atoms with Gasteiger partial charge in [-0.3, -0.25) is 5.43 Å². The first-order valence-corrected chi connectivity index (χ1v) is 10.0. The number of piperidine rings is 1. The molecule has 4 unspecified atom stereocenters. The van der Waals surface area contributed by atoms with Gasteiger partial charge in [0.1, 0.15) is 12.1 Å². The van der Waals surface area contributed by atoms with Gasteiger partial charge in [0.25, 0.3) is 0 Å². The Balaban J connectivity index is 1.47. The predicted octanol–water partition coefficient (Wildman–Crippen LogP) is 1.55. The molecule has 4 atom stereocenters. The second kappa shape index (κ2) is 7.76. The number of ether oxygens (including phenoxy) is 1. The summed E-state index contributed by atoms with van der Waals surface area (Å²) in [6, 6.07) is 2.79. The summed E-state index contributed by atoms with van der Waals surface area (Å²) in [5.41, 5.74) is 7.99. The summed E-state index contributed by atoms with van der Waals surface area (Å²) in [6.45, 7) is 5.93. The third kappa shape index (κ3) is 3.86. The third-order valence-electron chi connectivity index (χ3n) is 5.95. The molecule has 1 aromatic heterocycles. The topological polar surface area (TPSA) is 82.5 Å². The van der Waals surface area contributed by atoms with Crippen molar-refractivity contribution in [3.05, 3.63) is 18.1 Å². The van der Waals surface area contributed by atoms with Gasteiger partial charge in [-0.15, -0.1) is 0 Å². The number of hydrogen-bond donors (Lipinski definition) is 3. The van der Waals surface area contributed by atoms with Crippen LogP contribution in [0.1, 0.15) is 57.7 Å². The first-order chi connectivity index (χ1) is 12.6. The maximum atomic E-state index is 9.73. The number of aliphatic hydroxyl groups is 1. The van der Waals surface area contributed by atoms with E-state index < -0.39 is 0 Å². The van der Waals surface area contributed by atoms with E-state index in [1.165, 1.54) is 0 Å². The molecule has 0 spiro atoms. The maximum Gasteiger partial charge on any atom is 0.132 e. The molecule has 0 bridgehead atoms. The minimum Gasteiger partial charge on any atom is -0.393 e. The van der Waals surface area contributed by atoms with Crippen LogP contribution in [0.2, 0.25) is 0 Å². The average Bonchev–Trinajstić information content (AvgIpc) is 3.05. The summed E-state index contributed by atoms with van der Waals surface area (Å²) in [4.78, 5) is 11.3. The van der Waals surface area contributed by atoms with E-state index in [0.717, 1.165) is 56.7 Å². The minimum atomic E-state index is -0.172. The van der Waals surface area contributed by atoms with Crippen molar-refractivity contribution in [2.45, 2.75) is 76.3 Å². The van der Waals surface area contributed by atoms with Gasteiger partial charge >= 0.3 is 0 Å². The predicted molar refractivity (Wildman–Crippen MR) is 99.6 cm³/mol. The number of aliphatic hydroxyl groups excluding tert-OH is 1. The Morgan fingerprint density at radius 2 is 1.96 bits per heavy atom. The van der Waals surface area contributed by atoms with Crippen molar-refractivity contribution in [3.63, 3.8) is 0 Å². The number of hydrazine groups is 1. The number of nitrogens with zero attached hydrogens (tertiary/aromatic N) is 3. The monoisotopic (exact) mass is 361 g/mol. The molecule has 3 heterocycles. The molecule has 0 amide bonds. The maximum absolute atomic E-state index is 9.73. The van der Waals surface area contributed by atoms with Gasteiger partial charge in [-0.1, -0.05) is 0 Å². The summed E-state index contributed by atoms with van der Waals surface area (Å²) in [5, 5.41) is 9.73. The van der Waals surface area contributed by atoms with Crippen LogP contribution in [0.4, 0.5) is 5.82 Å². The molecule has 3 aliphatic rings. The van der Waals surface area contributed by atoms with E-state index in [2.05, 4.69) is 45.6 Å². The molecule has 3 fully saturated rings. The molecule has 2 saturated heterocycles. The molecule has 26 heavy (non-hydrogen) atoms. The van der Waals surface area contributed by atoms with Crippen molar-refractivity contribution >= 4 is 5.82 Å². The average molecular weight is 361 g/mol. The van der Waals surface area contributed by atoms with Crippen LogP contribution >= 0.6 is 0 Å². The summed E-state index contributed by atoms with van der Waals surface area (Å²) >= 11 is 0. The van der Waals surface area contributed by atoms with Crippen molar-refractivity contribution in [2.75, 3.05) is 18.0 Å². The van der Waals surface area contributed by atoms with Crippen molar-refractivity contribution in [2.24, 2.45) is 5.92 Å². The molecule has 7 heteroatoms. The highest BCUT2D eigenvalue weighted by Crippen LogP contribution is 2.39. The number of rotatable bonds is 4. The van der Waals surface area contributed by atoms with Crippen molar-refractivity contribution in [1.82, 2.24) is 20.8 Å². The normalized spacial score (nSPS) is 32.8. The zero-order valence-electron chi connectivity index (χ0n) is 15.8. The third-order valence-corrected chi connectivity index (χ3v) is 5.95. The molecule has 144 valence electrons. The highest BCUT2D eigenvalue weighted by molar-refractivity contribution is 5.40. The van der Waals surface area contributed by atoms with Gasteiger partial charge in [0.2, 0.25) is 0 Å². The van der Waals surface area contributed by atoms with Gasteiger partial charge in [0, 0.05) is 31.1 Å². The summed E-state index contributed by atoms with van der Waals surface area (Å²) in [6.07, 6.45) is 7.04. The summed E-state index contributed by atoms with van der Waals surface area (Å²) in [7, 11) is 0. The van der Waals surface area contributed by atoms with Gasteiger partial charge in [-0.25, -0.2) is 15.4 Å². The fourth-order valence-corrected chi connectivity index (χ4v) is 4.62. The highest BCUT2D eigenvalue weighted by atomic mass is 16.5. The van der Waals surface area contributed by atoms with Gasteiger partial charge in [-0.2, -0.15) is 0 Å². The van der Waals surface area contributed by atoms with E-state index in [4.69, 9.17) is 4.74 Å². The first-order valence-electron chi connectivity index (χ1n) is 10.0. The molecule has 1 aliphatic carbocycles. The lowest BCUT2D eigenvalue weighted by Crippen LogP contribution is -2.38. The highest BCUT2D eigenvalue weighted by Gasteiger charge is 2.42. The van der Waals surface area contributed by atoms with Crippen LogP contribution < -0.4 is 15.8 Å². The molecule has 0 aromatic carbocycles. The molecule has 1 saturated carbocycles. The van der Waals surface area contributed by atoms with Crippen LogP contribution in [-0.2, 0) is 4.74 Å². The van der Waals surface area contributed by atoms with E-state index in [0.29, 0.717) is 18.1 Å². The first kappa shape index (κ1) is 18.1.